The minimum absolute atomic E-state index is 0.0656. The first-order valence-electron chi connectivity index (χ1n) is 8.96. The highest BCUT2D eigenvalue weighted by Crippen LogP contribution is 2.31. The van der Waals surface area contributed by atoms with E-state index in [0.29, 0.717) is 19.6 Å². The fourth-order valence-electron chi connectivity index (χ4n) is 3.65. The summed E-state index contributed by atoms with van der Waals surface area (Å²) in [6.45, 7) is 11.2. The molecule has 2 aliphatic heterocycles. The van der Waals surface area contributed by atoms with Gasteiger partial charge in [0, 0.05) is 45.2 Å². The van der Waals surface area contributed by atoms with Gasteiger partial charge < -0.3 is 20.4 Å². The van der Waals surface area contributed by atoms with Crippen LogP contribution in [0.25, 0.3) is 0 Å². The predicted molar refractivity (Wildman–Crippen MR) is 91.0 cm³/mol. The zero-order chi connectivity index (χ0) is 17.0. The van der Waals surface area contributed by atoms with Gasteiger partial charge in [-0.25, -0.2) is 4.79 Å². The standard InChI is InChI=1S/C17H32N4O2/c1-4-19(5-2)16(23)20-9-6-14(7-10-20)15(22)21-11-8-17(3,12-18)13-21/h14H,4-13,18H2,1-3H3. The number of likely N-dealkylation sites (tertiary alicyclic amines) is 2. The smallest absolute Gasteiger partial charge is 0.319 e. The van der Waals surface area contributed by atoms with Crippen molar-refractivity contribution in [3.05, 3.63) is 0 Å². The van der Waals surface area contributed by atoms with Crippen LogP contribution in [0, 0.1) is 11.3 Å². The molecule has 2 aliphatic rings. The highest BCUT2D eigenvalue weighted by atomic mass is 16.2. The van der Waals surface area contributed by atoms with Gasteiger partial charge in [-0.15, -0.1) is 0 Å². The van der Waals surface area contributed by atoms with Gasteiger partial charge in [0.1, 0.15) is 0 Å². The van der Waals surface area contributed by atoms with Gasteiger partial charge in [0.05, 0.1) is 0 Å². The van der Waals surface area contributed by atoms with Gasteiger partial charge in [0.15, 0.2) is 0 Å². The van der Waals surface area contributed by atoms with Crippen molar-refractivity contribution in [3.63, 3.8) is 0 Å². The van der Waals surface area contributed by atoms with Crippen LogP contribution in [0.15, 0.2) is 0 Å². The van der Waals surface area contributed by atoms with Crippen molar-refractivity contribution in [2.75, 3.05) is 45.8 Å². The molecule has 2 fully saturated rings. The highest BCUT2D eigenvalue weighted by Gasteiger charge is 2.38. The Kier molecular flexibility index (Phi) is 5.89. The number of piperidine rings is 1. The van der Waals surface area contributed by atoms with Crippen LogP contribution >= 0.6 is 0 Å². The average molecular weight is 324 g/mol. The second kappa shape index (κ2) is 7.51. The van der Waals surface area contributed by atoms with Crippen molar-refractivity contribution in [1.82, 2.24) is 14.7 Å². The summed E-state index contributed by atoms with van der Waals surface area (Å²) < 4.78 is 0. The maximum Gasteiger partial charge on any atom is 0.319 e. The van der Waals surface area contributed by atoms with Crippen molar-refractivity contribution in [1.29, 1.82) is 0 Å². The average Bonchev–Trinajstić information content (AvgIpc) is 2.98. The molecule has 0 radical (unpaired) electrons. The molecule has 0 bridgehead atoms. The summed E-state index contributed by atoms with van der Waals surface area (Å²) in [5.41, 5.74) is 5.91. The number of carbonyl (C=O) groups is 2. The maximum absolute atomic E-state index is 12.7. The van der Waals surface area contributed by atoms with Crippen molar-refractivity contribution >= 4 is 11.9 Å². The first-order valence-corrected chi connectivity index (χ1v) is 8.96. The second-order valence-electron chi connectivity index (χ2n) is 7.24. The summed E-state index contributed by atoms with van der Waals surface area (Å²) in [6.07, 6.45) is 2.55. The molecule has 0 saturated carbocycles. The lowest BCUT2D eigenvalue weighted by Gasteiger charge is -2.36. The Hall–Kier alpha value is -1.30. The zero-order valence-corrected chi connectivity index (χ0v) is 14.9. The topological polar surface area (TPSA) is 69.9 Å². The molecule has 0 aromatic carbocycles. The summed E-state index contributed by atoms with van der Waals surface area (Å²) in [7, 11) is 0. The fraction of sp³-hybridized carbons (Fsp3) is 0.882. The third kappa shape index (κ3) is 3.97. The molecule has 6 nitrogen and oxygen atoms in total. The molecule has 3 amide bonds. The molecule has 2 N–H and O–H groups in total. The van der Waals surface area contributed by atoms with E-state index in [1.165, 1.54) is 0 Å². The normalized spacial score (nSPS) is 25.7. The Morgan fingerprint density at radius 2 is 1.74 bits per heavy atom. The lowest BCUT2D eigenvalue weighted by atomic mass is 9.90. The van der Waals surface area contributed by atoms with Crippen molar-refractivity contribution in [3.8, 4) is 0 Å². The van der Waals surface area contributed by atoms with Gasteiger partial charge in [-0.3, -0.25) is 4.79 Å². The van der Waals surface area contributed by atoms with E-state index in [2.05, 4.69) is 6.92 Å². The number of nitrogens with two attached hydrogens (primary N) is 1. The maximum atomic E-state index is 12.7. The molecule has 0 aromatic rings. The lowest BCUT2D eigenvalue weighted by molar-refractivity contribution is -0.136. The molecular weight excluding hydrogens is 292 g/mol. The molecule has 132 valence electrons. The van der Waals surface area contributed by atoms with E-state index in [-0.39, 0.29) is 23.3 Å². The highest BCUT2D eigenvalue weighted by molar-refractivity contribution is 5.80. The van der Waals surface area contributed by atoms with Gasteiger partial charge in [-0.05, 0) is 45.1 Å². The van der Waals surface area contributed by atoms with Crippen LogP contribution in [0.4, 0.5) is 4.79 Å². The quantitative estimate of drug-likeness (QED) is 0.849. The monoisotopic (exact) mass is 324 g/mol. The van der Waals surface area contributed by atoms with Crippen LogP contribution in [0.1, 0.15) is 40.0 Å². The molecule has 0 aliphatic carbocycles. The predicted octanol–water partition coefficient (Wildman–Crippen LogP) is 1.36. The summed E-state index contributed by atoms with van der Waals surface area (Å²) in [6, 6.07) is 0.109. The number of rotatable bonds is 4. The summed E-state index contributed by atoms with van der Waals surface area (Å²) in [5, 5.41) is 0. The Labute approximate surface area is 140 Å². The number of urea groups is 1. The summed E-state index contributed by atoms with van der Waals surface area (Å²) in [4.78, 5) is 30.8. The van der Waals surface area contributed by atoms with Crippen LogP contribution in [0.2, 0.25) is 0 Å². The minimum atomic E-state index is 0.0656. The van der Waals surface area contributed by atoms with E-state index in [4.69, 9.17) is 5.73 Å². The van der Waals surface area contributed by atoms with E-state index >= 15 is 0 Å². The Morgan fingerprint density at radius 1 is 1.13 bits per heavy atom. The van der Waals surface area contributed by atoms with Crippen LogP contribution in [-0.2, 0) is 4.79 Å². The molecule has 6 heteroatoms. The van der Waals surface area contributed by atoms with Gasteiger partial charge in [0.25, 0.3) is 0 Å². The summed E-state index contributed by atoms with van der Waals surface area (Å²) in [5.74, 6) is 0.327. The van der Waals surface area contributed by atoms with E-state index < -0.39 is 0 Å². The molecule has 2 rings (SSSR count). The van der Waals surface area contributed by atoms with Gasteiger partial charge in [0.2, 0.25) is 5.91 Å². The fourth-order valence-corrected chi connectivity index (χ4v) is 3.65. The van der Waals surface area contributed by atoms with Crippen molar-refractivity contribution < 1.29 is 9.59 Å². The zero-order valence-electron chi connectivity index (χ0n) is 14.9. The molecule has 0 spiro atoms. The van der Waals surface area contributed by atoms with E-state index in [0.717, 1.165) is 45.4 Å². The number of carbonyl (C=O) groups excluding carboxylic acids is 2. The van der Waals surface area contributed by atoms with Crippen LogP contribution in [0.5, 0.6) is 0 Å². The van der Waals surface area contributed by atoms with Gasteiger partial charge in [-0.1, -0.05) is 6.92 Å². The van der Waals surface area contributed by atoms with Crippen LogP contribution in [-0.4, -0.2) is 72.5 Å². The Balaban J connectivity index is 1.85. The number of nitrogens with zero attached hydrogens (tertiary/aromatic N) is 3. The summed E-state index contributed by atoms with van der Waals surface area (Å²) >= 11 is 0. The molecule has 2 heterocycles. The Bertz CT molecular complexity index is 430. The Morgan fingerprint density at radius 3 is 2.22 bits per heavy atom. The van der Waals surface area contributed by atoms with Crippen LogP contribution < -0.4 is 5.73 Å². The number of hydrogen-bond donors (Lipinski definition) is 1. The number of amides is 3. The van der Waals surface area contributed by atoms with Gasteiger partial charge >= 0.3 is 6.03 Å². The first kappa shape index (κ1) is 18.0. The van der Waals surface area contributed by atoms with E-state index in [1.54, 1.807) is 0 Å². The lowest BCUT2D eigenvalue weighted by Crippen LogP contribution is -2.49. The SMILES string of the molecule is CCN(CC)C(=O)N1CCC(C(=O)N2CCC(C)(CN)C2)CC1. The van der Waals surface area contributed by atoms with E-state index in [1.807, 2.05) is 28.5 Å². The molecule has 1 unspecified atom stereocenters. The largest absolute Gasteiger partial charge is 0.342 e. The minimum Gasteiger partial charge on any atom is -0.342 e. The van der Waals surface area contributed by atoms with Crippen molar-refractivity contribution in [2.24, 2.45) is 17.1 Å². The third-order valence-electron chi connectivity index (χ3n) is 5.51. The molecule has 1 atom stereocenters. The molecule has 0 aromatic heterocycles. The van der Waals surface area contributed by atoms with Crippen LogP contribution in [0.3, 0.4) is 0 Å². The van der Waals surface area contributed by atoms with Crippen molar-refractivity contribution in [2.45, 2.75) is 40.0 Å². The molecule has 2 saturated heterocycles. The third-order valence-corrected chi connectivity index (χ3v) is 5.51. The first-order chi connectivity index (χ1) is 10.9. The molecule has 23 heavy (non-hydrogen) atoms. The van der Waals surface area contributed by atoms with Gasteiger partial charge in [-0.2, -0.15) is 0 Å². The second-order valence-corrected chi connectivity index (χ2v) is 7.24. The molecular formula is C17H32N4O2. The number of hydrogen-bond acceptors (Lipinski definition) is 3. The van der Waals surface area contributed by atoms with E-state index in [9.17, 15) is 9.59 Å².